The van der Waals surface area contributed by atoms with Gasteiger partial charge in [-0.2, -0.15) is 0 Å². The van der Waals surface area contributed by atoms with Gasteiger partial charge in [0.15, 0.2) is 0 Å². The van der Waals surface area contributed by atoms with E-state index in [9.17, 15) is 5.11 Å². The molecule has 0 aliphatic carbocycles. The fraction of sp³-hybridized carbons (Fsp3) is 0.545. The number of hydrogen-bond donors (Lipinski definition) is 3. The molecule has 0 amide bonds. The van der Waals surface area contributed by atoms with Crippen LogP contribution in [0.1, 0.15) is 18.5 Å². The minimum absolute atomic E-state index is 0.206. The first-order valence-corrected chi connectivity index (χ1v) is 6.21. The van der Waals surface area contributed by atoms with E-state index >= 15 is 0 Å². The lowest BCUT2D eigenvalue weighted by molar-refractivity contribution is 0.113. The van der Waals surface area contributed by atoms with Gasteiger partial charge >= 0.3 is 0 Å². The number of hydrogen-bond acceptors (Lipinski definition) is 5. The second-order valence-corrected chi connectivity index (χ2v) is 4.63. The molecule has 1 aromatic heterocycles. The summed E-state index contributed by atoms with van der Waals surface area (Å²) in [5.41, 5.74) is 1.13. The molecular weight excluding hydrogens is 224 g/mol. The predicted octanol–water partition coefficient (Wildman–Crippen LogP) is 0.807. The molecule has 1 heterocycles. The van der Waals surface area contributed by atoms with Crippen LogP contribution in [0.2, 0.25) is 0 Å². The van der Waals surface area contributed by atoms with E-state index in [-0.39, 0.29) is 12.6 Å². The van der Waals surface area contributed by atoms with Crippen LogP contribution in [0.25, 0.3) is 0 Å². The first-order chi connectivity index (χ1) is 7.67. The van der Waals surface area contributed by atoms with Crippen molar-refractivity contribution in [2.24, 2.45) is 0 Å². The van der Waals surface area contributed by atoms with Crippen molar-refractivity contribution in [3.8, 4) is 0 Å². The summed E-state index contributed by atoms with van der Waals surface area (Å²) in [7, 11) is 1.91. The Morgan fingerprint density at radius 1 is 1.50 bits per heavy atom. The topological polar surface area (TPSA) is 65.4 Å². The third kappa shape index (κ3) is 4.09. The highest BCUT2D eigenvalue weighted by Gasteiger charge is 2.05. The third-order valence-corrected chi connectivity index (χ3v) is 3.42. The Morgan fingerprint density at radius 3 is 2.75 bits per heavy atom. The van der Waals surface area contributed by atoms with Gasteiger partial charge in [0.25, 0.3) is 0 Å². The lowest BCUT2D eigenvalue weighted by Gasteiger charge is -2.10. The van der Waals surface area contributed by atoms with Crippen LogP contribution in [0.3, 0.4) is 0 Å². The molecule has 0 radical (unpaired) electrons. The highest BCUT2D eigenvalue weighted by Crippen LogP contribution is 2.18. The van der Waals surface area contributed by atoms with E-state index in [1.165, 1.54) is 11.8 Å². The summed E-state index contributed by atoms with van der Waals surface area (Å²) in [6, 6.07) is 4.23. The first kappa shape index (κ1) is 13.4. The number of nitrogens with zero attached hydrogens (tertiary/aromatic N) is 1. The van der Waals surface area contributed by atoms with Gasteiger partial charge in [-0.1, -0.05) is 6.07 Å². The molecule has 16 heavy (non-hydrogen) atoms. The monoisotopic (exact) mass is 242 g/mol. The van der Waals surface area contributed by atoms with Crippen LogP contribution in [0.15, 0.2) is 23.4 Å². The molecule has 0 fully saturated rings. The Morgan fingerprint density at radius 2 is 2.25 bits per heavy atom. The Bertz CT molecular complexity index is 305. The van der Waals surface area contributed by atoms with Gasteiger partial charge < -0.3 is 15.5 Å². The molecule has 0 aliphatic heterocycles. The number of aliphatic hydroxyl groups is 2. The van der Waals surface area contributed by atoms with Crippen LogP contribution in [-0.4, -0.2) is 40.7 Å². The molecule has 0 aromatic carbocycles. The Labute approximate surface area is 100 Å². The summed E-state index contributed by atoms with van der Waals surface area (Å²) < 4.78 is 0. The van der Waals surface area contributed by atoms with Crippen LogP contribution in [0.5, 0.6) is 0 Å². The Kier molecular flexibility index (Phi) is 5.76. The first-order valence-electron chi connectivity index (χ1n) is 5.22. The van der Waals surface area contributed by atoms with Crippen molar-refractivity contribution in [2.75, 3.05) is 19.4 Å². The minimum atomic E-state index is -0.678. The number of pyridine rings is 1. The van der Waals surface area contributed by atoms with Gasteiger partial charge in [0, 0.05) is 18.0 Å². The molecule has 1 rings (SSSR count). The average Bonchev–Trinajstić information content (AvgIpc) is 2.35. The summed E-state index contributed by atoms with van der Waals surface area (Å²) in [4.78, 5) is 4.28. The van der Waals surface area contributed by atoms with Crippen LogP contribution < -0.4 is 5.32 Å². The largest absolute Gasteiger partial charge is 0.394 e. The van der Waals surface area contributed by atoms with Crippen LogP contribution >= 0.6 is 11.8 Å². The predicted molar refractivity (Wildman–Crippen MR) is 65.5 cm³/mol. The van der Waals surface area contributed by atoms with Crippen molar-refractivity contribution in [1.29, 1.82) is 0 Å². The molecule has 0 saturated carbocycles. The van der Waals surface area contributed by atoms with Crippen LogP contribution in [-0.2, 0) is 0 Å². The SMILES string of the molecule is CNC(C)c1ccc(SCC(O)CO)nc1. The van der Waals surface area contributed by atoms with E-state index in [4.69, 9.17) is 5.11 Å². The molecule has 90 valence electrons. The summed E-state index contributed by atoms with van der Waals surface area (Å²) in [5, 5.41) is 21.9. The average molecular weight is 242 g/mol. The van der Waals surface area contributed by atoms with Gasteiger partial charge in [-0.15, -0.1) is 11.8 Å². The smallest absolute Gasteiger partial charge is 0.0960 e. The molecule has 5 heteroatoms. The second-order valence-electron chi connectivity index (χ2n) is 3.59. The number of thioether (sulfide) groups is 1. The lowest BCUT2D eigenvalue weighted by atomic mass is 10.1. The van der Waals surface area contributed by atoms with Crippen molar-refractivity contribution in [1.82, 2.24) is 10.3 Å². The molecule has 0 saturated heterocycles. The van der Waals surface area contributed by atoms with Crippen molar-refractivity contribution >= 4 is 11.8 Å². The maximum absolute atomic E-state index is 9.19. The molecule has 4 nitrogen and oxygen atoms in total. The van der Waals surface area contributed by atoms with E-state index in [0.29, 0.717) is 5.75 Å². The van der Waals surface area contributed by atoms with Crippen molar-refractivity contribution in [2.45, 2.75) is 24.1 Å². The zero-order chi connectivity index (χ0) is 12.0. The Hall–Kier alpha value is -0.620. The molecule has 1 aromatic rings. The normalized spacial score (nSPS) is 14.8. The molecule has 2 unspecified atom stereocenters. The highest BCUT2D eigenvalue weighted by molar-refractivity contribution is 7.99. The molecule has 0 bridgehead atoms. The fourth-order valence-corrected chi connectivity index (χ4v) is 1.89. The quantitative estimate of drug-likeness (QED) is 0.644. The fourth-order valence-electron chi connectivity index (χ4n) is 1.13. The number of nitrogens with one attached hydrogen (secondary N) is 1. The van der Waals surface area contributed by atoms with Crippen molar-refractivity contribution < 1.29 is 10.2 Å². The molecule has 0 aliphatic rings. The van der Waals surface area contributed by atoms with Crippen molar-refractivity contribution in [3.05, 3.63) is 23.9 Å². The lowest BCUT2D eigenvalue weighted by Crippen LogP contribution is -2.15. The van der Waals surface area contributed by atoms with Crippen molar-refractivity contribution in [3.63, 3.8) is 0 Å². The summed E-state index contributed by atoms with van der Waals surface area (Å²) >= 11 is 1.44. The third-order valence-electron chi connectivity index (χ3n) is 2.33. The minimum Gasteiger partial charge on any atom is -0.394 e. The van der Waals surface area contributed by atoms with Gasteiger partial charge in [-0.25, -0.2) is 4.98 Å². The van der Waals surface area contributed by atoms with Gasteiger partial charge in [-0.05, 0) is 25.6 Å². The van der Waals surface area contributed by atoms with E-state index in [2.05, 4.69) is 17.2 Å². The molecule has 2 atom stereocenters. The van der Waals surface area contributed by atoms with E-state index in [1.54, 1.807) is 0 Å². The Balaban J connectivity index is 2.51. The summed E-state index contributed by atoms with van der Waals surface area (Å²) in [6.07, 6.45) is 1.15. The van der Waals surface area contributed by atoms with Crippen LogP contribution in [0.4, 0.5) is 0 Å². The highest BCUT2D eigenvalue weighted by atomic mass is 32.2. The standard InChI is InChI=1S/C11H18N2O2S/c1-8(12-2)9-3-4-11(13-5-9)16-7-10(15)6-14/h3-5,8,10,12,14-15H,6-7H2,1-2H3. The van der Waals surface area contributed by atoms with E-state index in [0.717, 1.165) is 10.6 Å². The van der Waals surface area contributed by atoms with E-state index < -0.39 is 6.10 Å². The maximum atomic E-state index is 9.19. The second kappa shape index (κ2) is 6.85. The van der Waals surface area contributed by atoms with Gasteiger partial charge in [0.05, 0.1) is 17.7 Å². The summed E-state index contributed by atoms with van der Waals surface area (Å²) in [6.45, 7) is 1.86. The number of aromatic nitrogens is 1. The van der Waals surface area contributed by atoms with Crippen LogP contribution in [0, 0.1) is 0 Å². The maximum Gasteiger partial charge on any atom is 0.0960 e. The number of rotatable bonds is 6. The zero-order valence-electron chi connectivity index (χ0n) is 9.55. The van der Waals surface area contributed by atoms with Gasteiger partial charge in [-0.3, -0.25) is 0 Å². The number of aliphatic hydroxyl groups excluding tert-OH is 2. The van der Waals surface area contributed by atoms with Gasteiger partial charge in [0.1, 0.15) is 0 Å². The van der Waals surface area contributed by atoms with E-state index in [1.807, 2.05) is 25.4 Å². The molecule has 0 spiro atoms. The molecular formula is C11H18N2O2S. The zero-order valence-corrected chi connectivity index (χ0v) is 10.4. The van der Waals surface area contributed by atoms with Gasteiger partial charge in [0.2, 0.25) is 0 Å². The molecule has 3 N–H and O–H groups in total. The summed E-state index contributed by atoms with van der Waals surface area (Å²) in [5.74, 6) is 0.463.